The zero-order valence-corrected chi connectivity index (χ0v) is 33.5. The fourth-order valence-corrected chi connectivity index (χ4v) is 7.80. The molecular formula is C43H53N5O10. The molecule has 0 fully saturated rings. The van der Waals surface area contributed by atoms with E-state index in [1.165, 1.54) is 118 Å². The van der Waals surface area contributed by atoms with E-state index in [4.69, 9.17) is 4.74 Å². The lowest BCUT2D eigenvalue weighted by Crippen LogP contribution is -2.50. The van der Waals surface area contributed by atoms with Crippen molar-refractivity contribution in [2.45, 2.75) is 84.6 Å². The van der Waals surface area contributed by atoms with Gasteiger partial charge < -0.3 is 30.0 Å². The smallest absolute Gasteiger partial charge is 0.276 e. The van der Waals surface area contributed by atoms with Gasteiger partial charge in [0.05, 0.1) is 48.3 Å². The number of phenolic OH excluding ortho intramolecular Hbond substituents is 2. The number of carbonyl (C=O) groups is 1. The van der Waals surface area contributed by atoms with Gasteiger partial charge in [0.2, 0.25) is 0 Å². The molecule has 0 atom stereocenters. The van der Waals surface area contributed by atoms with Gasteiger partial charge in [-0.15, -0.1) is 0 Å². The van der Waals surface area contributed by atoms with Crippen molar-refractivity contribution >= 4 is 23.5 Å². The summed E-state index contributed by atoms with van der Waals surface area (Å²) in [5.74, 6) is -1.70. The fraction of sp³-hybridized carbons (Fsp3) is 0.395. The zero-order chi connectivity index (χ0) is 41.3. The normalized spacial score (nSPS) is 13.5. The van der Waals surface area contributed by atoms with Crippen LogP contribution in [0.1, 0.15) is 112 Å². The van der Waals surface area contributed by atoms with Gasteiger partial charge in [-0.1, -0.05) is 71.6 Å². The van der Waals surface area contributed by atoms with Crippen LogP contribution in [0, 0.1) is 20.2 Å². The third kappa shape index (κ3) is 8.90. The van der Waals surface area contributed by atoms with Gasteiger partial charge in [-0.3, -0.25) is 25.0 Å². The number of non-ortho nitro benzene ring substituents is 1. The number of aromatic hydroxyl groups is 2. The first kappa shape index (κ1) is 44.7. The highest BCUT2D eigenvalue weighted by atomic mass is 16.6. The lowest BCUT2D eigenvalue weighted by atomic mass is 9.75. The van der Waals surface area contributed by atoms with E-state index in [1.807, 2.05) is 0 Å². The van der Waals surface area contributed by atoms with Crippen LogP contribution in [-0.4, -0.2) is 73.3 Å². The van der Waals surface area contributed by atoms with Crippen molar-refractivity contribution in [1.82, 2.24) is 5.01 Å². The number of phenols is 2. The molecule has 1 amide bonds. The van der Waals surface area contributed by atoms with Crippen molar-refractivity contribution in [3.05, 3.63) is 121 Å². The monoisotopic (exact) mass is 799 g/mol. The Balaban J connectivity index is 0.000000353. The molecule has 0 aromatic heterocycles. The first-order valence-electron chi connectivity index (χ1n) is 19.7. The Kier molecular flexibility index (Phi) is 14.9. The quantitative estimate of drug-likeness (QED) is 0.0483. The molecule has 0 aliphatic carbocycles. The van der Waals surface area contributed by atoms with E-state index in [1.54, 1.807) is 24.3 Å². The number of nitrogens with zero attached hydrogens (tertiary/aromatic N) is 5. The number of unbranched alkanes of at least 4 members (excludes halogenated alkanes) is 4. The van der Waals surface area contributed by atoms with Crippen molar-refractivity contribution in [3.63, 3.8) is 0 Å². The largest absolute Gasteiger partial charge is 0.867 e. The highest BCUT2D eigenvalue weighted by Gasteiger charge is 2.57. The number of nitro groups is 2. The molecule has 4 aromatic rings. The number of nitro benzene ring substituents is 2. The molecule has 2 aliphatic heterocycles. The van der Waals surface area contributed by atoms with Crippen LogP contribution in [-0.2, 0) is 5.54 Å². The summed E-state index contributed by atoms with van der Waals surface area (Å²) in [6, 6.07) is 16.5. The highest BCUT2D eigenvalue weighted by Crippen LogP contribution is 2.58. The molecule has 310 valence electrons. The second kappa shape index (κ2) is 19.4. The molecule has 58 heavy (non-hydrogen) atoms. The predicted molar refractivity (Wildman–Crippen MR) is 219 cm³/mol. The van der Waals surface area contributed by atoms with Crippen LogP contribution >= 0.6 is 0 Å². The minimum atomic E-state index is -1.54. The molecule has 15 heteroatoms. The van der Waals surface area contributed by atoms with Gasteiger partial charge in [-0.2, -0.15) is 5.10 Å². The van der Waals surface area contributed by atoms with E-state index >= 15 is 0 Å². The van der Waals surface area contributed by atoms with E-state index in [0.29, 0.717) is 22.8 Å². The molecular weight excluding hydrogens is 746 g/mol. The highest BCUT2D eigenvalue weighted by molar-refractivity contribution is 6.03. The van der Waals surface area contributed by atoms with Gasteiger partial charge in [-0.25, -0.2) is 5.01 Å². The molecule has 0 saturated carbocycles. The van der Waals surface area contributed by atoms with Crippen LogP contribution < -0.4 is 9.84 Å². The average molecular weight is 800 g/mol. The maximum Gasteiger partial charge on any atom is 0.276 e. The Morgan fingerprint density at radius 2 is 1.24 bits per heavy atom. The number of hydrogen-bond donors (Lipinski definition) is 2. The summed E-state index contributed by atoms with van der Waals surface area (Å²) in [5, 5.41) is 61.3. The van der Waals surface area contributed by atoms with Gasteiger partial charge in [-0.05, 0) is 61.8 Å². The van der Waals surface area contributed by atoms with Gasteiger partial charge in [0.15, 0.2) is 0 Å². The number of amides is 1. The Labute approximate surface area is 338 Å². The number of carbonyl (C=O) groups excluding carboxylic acids is 1. The number of quaternary nitrogens is 1. The number of ether oxygens (including phenoxy) is 1. The van der Waals surface area contributed by atoms with Crippen LogP contribution in [0.4, 0.5) is 11.4 Å². The average Bonchev–Trinajstić information content (AvgIpc) is 3.43. The second-order valence-electron chi connectivity index (χ2n) is 14.6. The zero-order valence-electron chi connectivity index (χ0n) is 33.5. The molecule has 0 unspecified atom stereocenters. The molecule has 4 N–H and O–H groups in total. The van der Waals surface area contributed by atoms with Crippen molar-refractivity contribution in [1.29, 1.82) is 0 Å². The summed E-state index contributed by atoms with van der Waals surface area (Å²) in [4.78, 5) is 34.7. The number of fused-ring (bicyclic) bond motifs is 6. The van der Waals surface area contributed by atoms with E-state index in [9.17, 15) is 40.3 Å². The van der Waals surface area contributed by atoms with E-state index in [2.05, 4.69) is 32.8 Å². The second-order valence-corrected chi connectivity index (χ2v) is 14.6. The number of benzene rings is 4. The SMILES string of the molecule is CCCC[N+](CCCC)(CCCC)CCCC.O.O=C1c2ccccc2C2(c3ccc(O)cc3Oc3cc(O)ccc32)N1/N=C/c1cc([N+](=O)[O-])cc([N+](=O)[O-])c1[O-]. The topological polar surface area (TPSA) is 223 Å². The van der Waals surface area contributed by atoms with E-state index < -0.39 is 44.0 Å². The van der Waals surface area contributed by atoms with E-state index in [-0.39, 0.29) is 34.0 Å². The number of rotatable bonds is 16. The van der Waals surface area contributed by atoms with Gasteiger partial charge in [0.25, 0.3) is 17.3 Å². The van der Waals surface area contributed by atoms with Crippen LogP contribution in [0.2, 0.25) is 0 Å². The van der Waals surface area contributed by atoms with Crippen LogP contribution in [0.3, 0.4) is 0 Å². The molecule has 1 spiro atoms. The summed E-state index contributed by atoms with van der Waals surface area (Å²) in [6.07, 6.45) is 11.9. The molecule has 6 rings (SSSR count). The Hall–Kier alpha value is -6.06. The Bertz CT molecular complexity index is 2050. The number of hydrazone groups is 1. The van der Waals surface area contributed by atoms with Gasteiger partial charge in [0.1, 0.15) is 28.5 Å². The van der Waals surface area contributed by atoms with Crippen molar-refractivity contribution in [2.24, 2.45) is 5.10 Å². The summed E-state index contributed by atoms with van der Waals surface area (Å²) in [5.41, 5.74) is -2.27. The summed E-state index contributed by atoms with van der Waals surface area (Å²) >= 11 is 0. The summed E-state index contributed by atoms with van der Waals surface area (Å²) in [6.45, 7) is 15.0. The van der Waals surface area contributed by atoms with Crippen molar-refractivity contribution in [3.8, 4) is 28.7 Å². The van der Waals surface area contributed by atoms with Crippen molar-refractivity contribution in [2.75, 3.05) is 26.2 Å². The maximum atomic E-state index is 13.9. The van der Waals surface area contributed by atoms with Gasteiger partial charge in [0, 0.05) is 46.0 Å². The third-order valence-electron chi connectivity index (χ3n) is 10.7. The van der Waals surface area contributed by atoms with Gasteiger partial charge >= 0.3 is 0 Å². The predicted octanol–water partition coefficient (Wildman–Crippen LogP) is 8.05. The Morgan fingerprint density at radius 3 is 1.71 bits per heavy atom. The molecule has 2 aliphatic rings. The number of hydrogen-bond acceptors (Lipinski definition) is 10. The first-order valence-corrected chi connectivity index (χ1v) is 19.7. The molecule has 0 radical (unpaired) electrons. The third-order valence-corrected chi connectivity index (χ3v) is 10.7. The van der Waals surface area contributed by atoms with Crippen LogP contribution in [0.5, 0.6) is 28.7 Å². The van der Waals surface area contributed by atoms with E-state index in [0.717, 1.165) is 17.3 Å². The van der Waals surface area contributed by atoms with Crippen molar-refractivity contribution < 1.29 is 44.7 Å². The maximum absolute atomic E-state index is 13.9. The summed E-state index contributed by atoms with van der Waals surface area (Å²) in [7, 11) is 0. The van der Waals surface area contributed by atoms with Crippen LogP contribution in [0.25, 0.3) is 0 Å². The molecule has 0 saturated heterocycles. The molecule has 4 aromatic carbocycles. The standard InChI is InChI=1S/C27H16N4O9.C16H36N.H2O/c32-16-5-7-20-23(11-16)40-24-12-17(33)6-8-21(24)27(20)19-4-2-1-3-18(19)26(35)29(27)28-13-14-9-15(30(36)37)10-22(25(14)34)31(38)39;1-5-9-13-17(14-10-6-2,15-11-7-3)16-12-8-4;/h1-13,32-34H;5-16H2,1-4H3;1H2/q;+1;/p-1/b28-13+;;. The first-order chi connectivity index (χ1) is 27.4. The minimum absolute atomic E-state index is 0. The molecule has 15 nitrogen and oxygen atoms in total. The molecule has 2 heterocycles. The fourth-order valence-electron chi connectivity index (χ4n) is 7.80. The molecule has 0 bridgehead atoms. The Morgan fingerprint density at radius 1 is 0.741 bits per heavy atom. The summed E-state index contributed by atoms with van der Waals surface area (Å²) < 4.78 is 7.40. The minimum Gasteiger partial charge on any atom is -0.867 e. The lowest BCUT2D eigenvalue weighted by Gasteiger charge is -2.41. The van der Waals surface area contributed by atoms with Crippen LogP contribution in [0.15, 0.2) is 77.9 Å². The lowest BCUT2D eigenvalue weighted by molar-refractivity contribution is -0.929.